The molecule has 1 N–H and O–H groups in total. The first-order valence-corrected chi connectivity index (χ1v) is 8.19. The summed E-state index contributed by atoms with van der Waals surface area (Å²) < 4.78 is 0. The number of rotatable bonds is 5. The van der Waals surface area contributed by atoms with E-state index in [0.29, 0.717) is 11.8 Å². The second kappa shape index (κ2) is 8.01. The smallest absolute Gasteiger partial charge is 0.137 e. The highest BCUT2D eigenvalue weighted by Crippen LogP contribution is 2.26. The third-order valence-electron chi connectivity index (χ3n) is 4.86. The minimum Gasteiger partial charge on any atom is -0.395 e. The molecule has 0 saturated heterocycles. The average Bonchev–Trinajstić information content (AvgIpc) is 2.64. The van der Waals surface area contributed by atoms with E-state index in [1.165, 1.54) is 44.9 Å². The van der Waals surface area contributed by atoms with Crippen molar-refractivity contribution >= 4 is 5.78 Å². The van der Waals surface area contributed by atoms with Crippen LogP contribution < -0.4 is 0 Å². The Morgan fingerprint density at radius 2 is 1.68 bits per heavy atom. The number of carbonyl (C=O) groups excluding carboxylic acids is 1. The van der Waals surface area contributed by atoms with E-state index in [1.54, 1.807) is 0 Å². The summed E-state index contributed by atoms with van der Waals surface area (Å²) >= 11 is 0. The molecule has 1 unspecified atom stereocenters. The largest absolute Gasteiger partial charge is 0.395 e. The van der Waals surface area contributed by atoms with Crippen LogP contribution in [-0.4, -0.2) is 41.5 Å². The summed E-state index contributed by atoms with van der Waals surface area (Å²) in [4.78, 5) is 14.6. The van der Waals surface area contributed by atoms with Gasteiger partial charge >= 0.3 is 0 Å². The number of nitrogens with zero attached hydrogens (tertiary/aromatic N) is 1. The summed E-state index contributed by atoms with van der Waals surface area (Å²) in [5, 5.41) is 9.29. The molecule has 3 heteroatoms. The van der Waals surface area contributed by atoms with Gasteiger partial charge in [0.2, 0.25) is 0 Å². The molecular formula is C16H29NO2. The fourth-order valence-electron chi connectivity index (χ4n) is 3.71. The molecule has 0 amide bonds. The van der Waals surface area contributed by atoms with Crippen LogP contribution in [0.15, 0.2) is 0 Å². The lowest BCUT2D eigenvalue weighted by Crippen LogP contribution is -2.43. The third kappa shape index (κ3) is 4.57. The average molecular weight is 267 g/mol. The number of Topliss-reactive ketones (excluding diaryl/α,β-unsaturated/α-hetero) is 1. The van der Waals surface area contributed by atoms with Crippen LogP contribution >= 0.6 is 0 Å². The molecule has 0 aliphatic heterocycles. The molecule has 0 aromatic carbocycles. The van der Waals surface area contributed by atoms with Crippen molar-refractivity contribution in [3.05, 3.63) is 0 Å². The molecule has 0 bridgehead atoms. The fraction of sp³-hybridized carbons (Fsp3) is 0.938. The van der Waals surface area contributed by atoms with Gasteiger partial charge in [0.25, 0.3) is 0 Å². The van der Waals surface area contributed by atoms with Crippen LogP contribution in [0.2, 0.25) is 0 Å². The molecule has 2 aliphatic rings. The van der Waals surface area contributed by atoms with Crippen molar-refractivity contribution in [1.82, 2.24) is 4.90 Å². The quantitative estimate of drug-likeness (QED) is 0.779. The summed E-state index contributed by atoms with van der Waals surface area (Å²) in [6.07, 6.45) is 11.8. The highest BCUT2D eigenvalue weighted by molar-refractivity contribution is 5.81. The zero-order valence-corrected chi connectivity index (χ0v) is 12.1. The molecule has 2 saturated carbocycles. The van der Waals surface area contributed by atoms with E-state index in [4.69, 9.17) is 0 Å². The molecule has 3 nitrogen and oxygen atoms in total. The molecule has 0 aromatic heterocycles. The normalized spacial score (nSPS) is 26.6. The third-order valence-corrected chi connectivity index (χ3v) is 4.86. The molecule has 19 heavy (non-hydrogen) atoms. The lowest BCUT2D eigenvalue weighted by molar-refractivity contribution is -0.123. The molecule has 2 aliphatic carbocycles. The predicted octanol–water partition coefficient (Wildman–Crippen LogP) is 2.76. The minimum atomic E-state index is 0.220. The van der Waals surface area contributed by atoms with E-state index in [9.17, 15) is 9.90 Å². The van der Waals surface area contributed by atoms with Crippen LogP contribution in [0.1, 0.15) is 64.2 Å². The van der Waals surface area contributed by atoms with Crippen LogP contribution in [-0.2, 0) is 4.79 Å². The van der Waals surface area contributed by atoms with E-state index in [-0.39, 0.29) is 12.5 Å². The molecule has 0 heterocycles. The lowest BCUT2D eigenvalue weighted by atomic mass is 9.92. The standard InChI is InChI=1S/C16H29NO2/c18-12-11-17(15-8-4-2-5-9-15)13-14-7-3-1-6-10-16(14)19/h14-15,18H,1-13H2. The van der Waals surface area contributed by atoms with E-state index in [2.05, 4.69) is 4.90 Å². The molecule has 2 rings (SSSR count). The maximum absolute atomic E-state index is 12.1. The monoisotopic (exact) mass is 267 g/mol. The second-order valence-corrected chi connectivity index (χ2v) is 6.27. The summed E-state index contributed by atoms with van der Waals surface area (Å²) in [5.74, 6) is 0.701. The van der Waals surface area contributed by atoms with Gasteiger partial charge in [-0.25, -0.2) is 0 Å². The maximum Gasteiger partial charge on any atom is 0.137 e. The molecule has 1 atom stereocenters. The fourth-order valence-corrected chi connectivity index (χ4v) is 3.71. The van der Waals surface area contributed by atoms with Gasteiger partial charge in [0.1, 0.15) is 5.78 Å². The van der Waals surface area contributed by atoms with Gasteiger partial charge in [-0.05, 0) is 25.7 Å². The summed E-state index contributed by atoms with van der Waals surface area (Å²) in [6.45, 7) is 1.86. The van der Waals surface area contributed by atoms with E-state index in [0.717, 1.165) is 32.4 Å². The Bertz CT molecular complexity index is 274. The van der Waals surface area contributed by atoms with Gasteiger partial charge in [-0.15, -0.1) is 0 Å². The molecule has 0 aromatic rings. The predicted molar refractivity (Wildman–Crippen MR) is 77.1 cm³/mol. The van der Waals surface area contributed by atoms with E-state index in [1.807, 2.05) is 0 Å². The van der Waals surface area contributed by atoms with Crippen molar-refractivity contribution in [2.75, 3.05) is 19.7 Å². The zero-order chi connectivity index (χ0) is 13.5. The maximum atomic E-state index is 12.1. The Balaban J connectivity index is 1.92. The number of carbonyl (C=O) groups is 1. The van der Waals surface area contributed by atoms with Gasteiger partial charge < -0.3 is 5.11 Å². The SMILES string of the molecule is O=C1CCCCCC1CN(CCO)C1CCCCC1. The Kier molecular flexibility index (Phi) is 6.32. The van der Waals surface area contributed by atoms with Crippen molar-refractivity contribution < 1.29 is 9.90 Å². The summed E-state index contributed by atoms with van der Waals surface area (Å²) in [7, 11) is 0. The van der Waals surface area contributed by atoms with E-state index < -0.39 is 0 Å². The molecule has 2 fully saturated rings. The zero-order valence-electron chi connectivity index (χ0n) is 12.1. The van der Waals surface area contributed by atoms with Crippen LogP contribution in [0.4, 0.5) is 0 Å². The van der Waals surface area contributed by atoms with Crippen molar-refractivity contribution in [3.63, 3.8) is 0 Å². The molecule has 110 valence electrons. The van der Waals surface area contributed by atoms with Crippen molar-refractivity contribution in [2.24, 2.45) is 5.92 Å². The van der Waals surface area contributed by atoms with Crippen molar-refractivity contribution in [1.29, 1.82) is 0 Å². The number of aliphatic hydroxyl groups excluding tert-OH is 1. The highest BCUT2D eigenvalue weighted by atomic mass is 16.3. The second-order valence-electron chi connectivity index (χ2n) is 6.27. The Morgan fingerprint density at radius 1 is 1.00 bits per heavy atom. The number of aliphatic hydroxyl groups is 1. The summed E-state index contributed by atoms with van der Waals surface area (Å²) in [6, 6.07) is 0.608. The van der Waals surface area contributed by atoms with Gasteiger partial charge in [0.05, 0.1) is 6.61 Å². The first-order chi connectivity index (χ1) is 9.31. The molecular weight excluding hydrogens is 238 g/mol. The first kappa shape index (κ1) is 15.0. The van der Waals surface area contributed by atoms with Gasteiger partial charge in [-0.1, -0.05) is 32.1 Å². The van der Waals surface area contributed by atoms with Crippen molar-refractivity contribution in [2.45, 2.75) is 70.3 Å². The Morgan fingerprint density at radius 3 is 2.42 bits per heavy atom. The lowest BCUT2D eigenvalue weighted by Gasteiger charge is -2.35. The Hall–Kier alpha value is -0.410. The van der Waals surface area contributed by atoms with Crippen LogP contribution in [0, 0.1) is 5.92 Å². The van der Waals surface area contributed by atoms with E-state index >= 15 is 0 Å². The molecule has 0 radical (unpaired) electrons. The van der Waals surface area contributed by atoms with Crippen molar-refractivity contribution in [3.8, 4) is 0 Å². The topological polar surface area (TPSA) is 40.5 Å². The van der Waals surface area contributed by atoms with Crippen LogP contribution in [0.3, 0.4) is 0 Å². The first-order valence-electron chi connectivity index (χ1n) is 8.19. The number of ketones is 1. The van der Waals surface area contributed by atoms with Gasteiger partial charge in [0.15, 0.2) is 0 Å². The summed E-state index contributed by atoms with van der Waals surface area (Å²) in [5.41, 5.74) is 0. The Labute approximate surface area is 117 Å². The van der Waals surface area contributed by atoms with Gasteiger partial charge in [-0.2, -0.15) is 0 Å². The number of hydrogen-bond donors (Lipinski definition) is 1. The van der Waals surface area contributed by atoms with Gasteiger partial charge in [0, 0.05) is 31.5 Å². The van der Waals surface area contributed by atoms with Crippen LogP contribution in [0.5, 0.6) is 0 Å². The minimum absolute atomic E-state index is 0.220. The van der Waals surface area contributed by atoms with Gasteiger partial charge in [-0.3, -0.25) is 9.69 Å². The highest BCUT2D eigenvalue weighted by Gasteiger charge is 2.27. The van der Waals surface area contributed by atoms with Crippen LogP contribution in [0.25, 0.3) is 0 Å². The molecule has 0 spiro atoms. The number of hydrogen-bond acceptors (Lipinski definition) is 3.